The number of piperidine rings is 1. The highest BCUT2D eigenvalue weighted by Gasteiger charge is 2.65. The average Bonchev–Trinajstić information content (AvgIpc) is 3.30. The van der Waals surface area contributed by atoms with E-state index >= 15 is 0 Å². The molecule has 3 unspecified atom stereocenters. The summed E-state index contributed by atoms with van der Waals surface area (Å²) in [5.74, 6) is 0.492. The molecule has 0 aliphatic carbocycles. The number of hydroxylamine groups is 3. The van der Waals surface area contributed by atoms with Gasteiger partial charge < -0.3 is 9.15 Å². The molecule has 1 N–H and O–H groups in total. The van der Waals surface area contributed by atoms with Crippen molar-refractivity contribution in [2.75, 3.05) is 38.6 Å². The van der Waals surface area contributed by atoms with Gasteiger partial charge in [0.1, 0.15) is 18.6 Å². The molecule has 3 atom stereocenters. The Kier molecular flexibility index (Phi) is 2.79. The number of hydrogen-bond donors (Lipinski definition) is 1. The highest BCUT2D eigenvalue weighted by molar-refractivity contribution is 5.89. The lowest BCUT2D eigenvalue weighted by Gasteiger charge is -2.33. The van der Waals surface area contributed by atoms with Crippen molar-refractivity contribution in [1.82, 2.24) is 4.98 Å². The number of benzene rings is 1. The van der Waals surface area contributed by atoms with Gasteiger partial charge in [0.25, 0.3) is 6.02 Å². The molecular formula is C17H21N4O3+. The Hall–Kier alpha value is -2.12. The lowest BCUT2D eigenvalue weighted by atomic mass is 9.88. The van der Waals surface area contributed by atoms with Crippen LogP contribution in [0, 0.1) is 12.8 Å². The van der Waals surface area contributed by atoms with Gasteiger partial charge in [-0.1, -0.05) is 6.07 Å². The van der Waals surface area contributed by atoms with Crippen LogP contribution in [-0.4, -0.2) is 54.5 Å². The van der Waals surface area contributed by atoms with E-state index in [1.807, 2.05) is 25.1 Å². The van der Waals surface area contributed by atoms with Crippen molar-refractivity contribution in [2.45, 2.75) is 18.9 Å². The van der Waals surface area contributed by atoms with Crippen molar-refractivity contribution < 1.29 is 18.6 Å². The number of nitrogens with one attached hydrogen (secondary N) is 1. The van der Waals surface area contributed by atoms with Crippen molar-refractivity contribution in [3.05, 3.63) is 23.8 Å². The van der Waals surface area contributed by atoms with Crippen molar-refractivity contribution in [3.63, 3.8) is 0 Å². The maximum Gasteiger partial charge on any atom is 0.303 e. The first-order chi connectivity index (χ1) is 11.6. The fourth-order valence-corrected chi connectivity index (χ4v) is 4.39. The molecule has 3 aliphatic heterocycles. The number of hydrogen-bond acceptors (Lipinski definition) is 6. The standard InChI is InChI=1S/C17H21N4O3/c1-11-3-4-13-14(7-11)23-16(19-13)20-15-18-9-17(24-15)10-21(22-2)6-5-12(17)8-21/h3-4,7,12H,5-6,8-10H2,1-2H3,(H,18,19,20)/q+1. The molecule has 0 radical (unpaired) electrons. The van der Waals surface area contributed by atoms with Gasteiger partial charge in [-0.25, -0.2) is 9.83 Å². The van der Waals surface area contributed by atoms with Crippen molar-refractivity contribution >= 4 is 23.1 Å². The summed E-state index contributed by atoms with van der Waals surface area (Å²) in [5, 5.41) is 3.09. The van der Waals surface area contributed by atoms with Crippen molar-refractivity contribution in [2.24, 2.45) is 10.9 Å². The number of amidine groups is 1. The first-order valence-corrected chi connectivity index (χ1v) is 8.39. The summed E-state index contributed by atoms with van der Waals surface area (Å²) in [6.07, 6.45) is 1.12. The summed E-state index contributed by atoms with van der Waals surface area (Å²) < 4.78 is 12.7. The molecule has 126 valence electrons. The normalized spacial score (nSPS) is 34.1. The van der Waals surface area contributed by atoms with Crippen molar-refractivity contribution in [3.8, 4) is 0 Å². The van der Waals surface area contributed by atoms with Crippen LogP contribution in [0.5, 0.6) is 0 Å². The summed E-state index contributed by atoms with van der Waals surface area (Å²) in [4.78, 5) is 14.7. The molecule has 2 saturated heterocycles. The van der Waals surface area contributed by atoms with E-state index in [9.17, 15) is 0 Å². The van der Waals surface area contributed by atoms with E-state index in [2.05, 4.69) is 15.3 Å². The monoisotopic (exact) mass is 329 g/mol. The van der Waals surface area contributed by atoms with Gasteiger partial charge in [-0.05, 0) is 24.6 Å². The van der Waals surface area contributed by atoms with Gasteiger partial charge in [-0.15, -0.1) is 0 Å². The number of oxazole rings is 1. The quantitative estimate of drug-likeness (QED) is 0.855. The summed E-state index contributed by atoms with van der Waals surface area (Å²) in [7, 11) is 1.79. The highest BCUT2D eigenvalue weighted by Crippen LogP contribution is 2.46. The topological polar surface area (TPSA) is 68.9 Å². The van der Waals surface area contributed by atoms with Crippen LogP contribution < -0.4 is 5.32 Å². The largest absolute Gasteiger partial charge is 0.450 e. The summed E-state index contributed by atoms with van der Waals surface area (Å²) in [5.41, 5.74) is 2.49. The van der Waals surface area contributed by atoms with Crippen molar-refractivity contribution in [1.29, 1.82) is 0 Å². The smallest absolute Gasteiger partial charge is 0.303 e. The zero-order valence-electron chi connectivity index (χ0n) is 13.9. The lowest BCUT2D eigenvalue weighted by Crippen LogP contribution is -2.52. The molecule has 3 aliphatic rings. The molecule has 5 rings (SSSR count). The van der Waals surface area contributed by atoms with Crippen LogP contribution in [0.25, 0.3) is 11.1 Å². The third kappa shape index (κ3) is 1.98. The van der Waals surface area contributed by atoms with Gasteiger partial charge in [-0.2, -0.15) is 9.63 Å². The van der Waals surface area contributed by atoms with E-state index in [4.69, 9.17) is 14.0 Å². The maximum atomic E-state index is 6.24. The Labute approximate surface area is 139 Å². The number of ether oxygens (including phenoxy) is 1. The molecule has 1 aromatic heterocycles. The molecular weight excluding hydrogens is 308 g/mol. The van der Waals surface area contributed by atoms with Crippen LogP contribution in [0.3, 0.4) is 0 Å². The van der Waals surface area contributed by atoms with E-state index in [1.165, 1.54) is 0 Å². The van der Waals surface area contributed by atoms with Crippen LogP contribution >= 0.6 is 0 Å². The van der Waals surface area contributed by atoms with E-state index in [1.54, 1.807) is 7.11 Å². The molecule has 2 fully saturated rings. The van der Waals surface area contributed by atoms with Gasteiger partial charge >= 0.3 is 6.01 Å². The minimum absolute atomic E-state index is 0.237. The first kappa shape index (κ1) is 14.2. The molecule has 7 nitrogen and oxygen atoms in total. The second kappa shape index (κ2) is 4.70. The second-order valence-electron chi connectivity index (χ2n) is 7.19. The zero-order valence-corrected chi connectivity index (χ0v) is 13.9. The van der Waals surface area contributed by atoms with E-state index < -0.39 is 0 Å². The molecule has 0 amide bonds. The Bertz CT molecular complexity index is 847. The summed E-state index contributed by atoms with van der Waals surface area (Å²) in [6.45, 7) is 5.64. The Morgan fingerprint density at radius 1 is 1.42 bits per heavy atom. The lowest BCUT2D eigenvalue weighted by molar-refractivity contribution is -1.09. The predicted octanol–water partition coefficient (Wildman–Crippen LogP) is 2.08. The Balaban J connectivity index is 1.34. The highest BCUT2D eigenvalue weighted by atomic mass is 16.7. The van der Waals surface area contributed by atoms with Gasteiger partial charge in [0.2, 0.25) is 0 Å². The number of quaternary nitrogens is 1. The number of fused-ring (bicyclic) bond motifs is 4. The predicted molar refractivity (Wildman–Crippen MR) is 88.5 cm³/mol. The second-order valence-corrected chi connectivity index (χ2v) is 7.19. The number of rotatable bonds is 2. The number of aromatic nitrogens is 1. The van der Waals surface area contributed by atoms with E-state index in [-0.39, 0.29) is 5.60 Å². The minimum atomic E-state index is -0.237. The van der Waals surface area contributed by atoms with Crippen LogP contribution in [-0.2, 0) is 9.57 Å². The average molecular weight is 329 g/mol. The molecule has 4 heterocycles. The summed E-state index contributed by atoms with van der Waals surface area (Å²) in [6, 6.07) is 6.87. The van der Waals surface area contributed by atoms with Crippen LogP contribution in [0.15, 0.2) is 27.6 Å². The summed E-state index contributed by atoms with van der Waals surface area (Å²) >= 11 is 0. The molecule has 1 aromatic carbocycles. The first-order valence-electron chi connectivity index (χ1n) is 8.39. The maximum absolute atomic E-state index is 6.24. The number of aryl methyl sites for hydroxylation is 1. The third-order valence-corrected chi connectivity index (χ3v) is 5.67. The SMILES string of the molecule is CO[N+]12CCC(C1)C1(CN=C(Nc3nc4ccc(C)cc4o3)O1)C2. The number of nitrogens with zero attached hydrogens (tertiary/aromatic N) is 3. The zero-order chi connectivity index (χ0) is 16.4. The fourth-order valence-electron chi connectivity index (χ4n) is 4.39. The number of aliphatic imine (C=N–C) groups is 1. The molecule has 2 bridgehead atoms. The molecule has 24 heavy (non-hydrogen) atoms. The van der Waals surface area contributed by atoms with Gasteiger partial charge in [0.05, 0.1) is 19.6 Å². The van der Waals surface area contributed by atoms with Crippen LogP contribution in [0.1, 0.15) is 12.0 Å². The van der Waals surface area contributed by atoms with Gasteiger partial charge in [0, 0.05) is 6.42 Å². The van der Waals surface area contributed by atoms with Gasteiger partial charge in [0.15, 0.2) is 17.7 Å². The molecule has 1 spiro atoms. The fraction of sp³-hybridized carbons (Fsp3) is 0.529. The van der Waals surface area contributed by atoms with Crippen LogP contribution in [0.4, 0.5) is 6.01 Å². The molecule has 0 saturated carbocycles. The molecule has 2 aromatic rings. The van der Waals surface area contributed by atoms with Crippen LogP contribution in [0.2, 0.25) is 0 Å². The minimum Gasteiger partial charge on any atom is -0.450 e. The molecule has 7 heteroatoms. The van der Waals surface area contributed by atoms with E-state index in [0.717, 1.165) is 42.7 Å². The van der Waals surface area contributed by atoms with E-state index in [0.29, 0.717) is 29.1 Å². The third-order valence-electron chi connectivity index (χ3n) is 5.67. The Morgan fingerprint density at radius 2 is 2.33 bits per heavy atom. The van der Waals surface area contributed by atoms with Gasteiger partial charge in [-0.3, -0.25) is 5.32 Å². The Morgan fingerprint density at radius 3 is 3.17 bits per heavy atom. The number of anilines is 1.